The molecule has 1 unspecified atom stereocenters. The molecule has 1 aromatic carbocycles. The fourth-order valence-electron chi connectivity index (χ4n) is 2.22. The van der Waals surface area contributed by atoms with Gasteiger partial charge in [-0.1, -0.05) is 24.3 Å². The Labute approximate surface area is 99.7 Å². The fourth-order valence-corrected chi connectivity index (χ4v) is 2.52. The molecule has 16 heavy (non-hydrogen) atoms. The van der Waals surface area contributed by atoms with E-state index < -0.39 is 0 Å². The molecule has 0 aliphatic heterocycles. The Kier molecular flexibility index (Phi) is 2.49. The van der Waals surface area contributed by atoms with E-state index in [1.807, 2.05) is 18.2 Å². The van der Waals surface area contributed by atoms with Gasteiger partial charge in [0.05, 0.1) is 5.38 Å². The van der Waals surface area contributed by atoms with Gasteiger partial charge in [-0.05, 0) is 37.0 Å². The summed E-state index contributed by atoms with van der Waals surface area (Å²) >= 11 is 6.14. The van der Waals surface area contributed by atoms with Crippen LogP contribution in [0.25, 0.3) is 16.5 Å². The average Bonchev–Trinajstić information content (AvgIpc) is 2.72. The van der Waals surface area contributed by atoms with Crippen molar-refractivity contribution in [3.63, 3.8) is 0 Å². The molecule has 1 aliphatic rings. The Morgan fingerprint density at radius 1 is 1.25 bits per heavy atom. The molecular formula is C14H13ClO. The van der Waals surface area contributed by atoms with Gasteiger partial charge in [0.2, 0.25) is 0 Å². The number of hydrogen-bond acceptors (Lipinski definition) is 1. The van der Waals surface area contributed by atoms with Crippen molar-refractivity contribution < 1.29 is 4.42 Å². The van der Waals surface area contributed by atoms with E-state index in [4.69, 9.17) is 16.0 Å². The number of furan rings is 1. The van der Waals surface area contributed by atoms with E-state index in [9.17, 15) is 0 Å². The molecule has 0 saturated heterocycles. The molecule has 0 bridgehead atoms. The highest BCUT2D eigenvalue weighted by Crippen LogP contribution is 2.32. The molecule has 1 heterocycles. The SMILES string of the molecule is ClC1C=C(c2cc3ccccc3o2)CCC1. The third-order valence-corrected chi connectivity index (χ3v) is 3.39. The lowest BCUT2D eigenvalue weighted by Gasteiger charge is -2.14. The Morgan fingerprint density at radius 2 is 2.12 bits per heavy atom. The lowest BCUT2D eigenvalue weighted by molar-refractivity contribution is 0.589. The van der Waals surface area contributed by atoms with Crippen molar-refractivity contribution in [3.8, 4) is 0 Å². The summed E-state index contributed by atoms with van der Waals surface area (Å²) in [7, 11) is 0. The van der Waals surface area contributed by atoms with Crippen LogP contribution in [0.5, 0.6) is 0 Å². The molecule has 2 heteroatoms. The monoisotopic (exact) mass is 232 g/mol. The van der Waals surface area contributed by atoms with Gasteiger partial charge in [0.15, 0.2) is 0 Å². The van der Waals surface area contributed by atoms with Crippen molar-refractivity contribution >= 4 is 28.1 Å². The van der Waals surface area contributed by atoms with Crippen molar-refractivity contribution in [1.29, 1.82) is 0 Å². The van der Waals surface area contributed by atoms with Gasteiger partial charge in [-0.2, -0.15) is 0 Å². The molecule has 1 nitrogen and oxygen atoms in total. The topological polar surface area (TPSA) is 13.1 Å². The molecule has 0 amide bonds. The standard InChI is InChI=1S/C14H13ClO/c15-12-6-3-5-10(8-12)14-9-11-4-1-2-7-13(11)16-14/h1-2,4,7-9,12H,3,5-6H2. The summed E-state index contributed by atoms with van der Waals surface area (Å²) in [5.74, 6) is 0.978. The number of alkyl halides is 1. The van der Waals surface area contributed by atoms with Crippen LogP contribution in [0, 0.1) is 0 Å². The first kappa shape index (κ1) is 9.98. The zero-order valence-electron chi connectivity index (χ0n) is 8.95. The quantitative estimate of drug-likeness (QED) is 0.655. The van der Waals surface area contributed by atoms with Gasteiger partial charge in [-0.25, -0.2) is 0 Å². The smallest absolute Gasteiger partial charge is 0.134 e. The van der Waals surface area contributed by atoms with Crippen molar-refractivity contribution in [2.24, 2.45) is 0 Å². The average molecular weight is 233 g/mol. The molecule has 0 radical (unpaired) electrons. The Morgan fingerprint density at radius 3 is 2.94 bits per heavy atom. The van der Waals surface area contributed by atoms with Crippen LogP contribution in [0.2, 0.25) is 0 Å². The minimum Gasteiger partial charge on any atom is -0.456 e. The van der Waals surface area contributed by atoms with E-state index in [0.717, 1.165) is 36.0 Å². The van der Waals surface area contributed by atoms with Crippen LogP contribution in [0.15, 0.2) is 40.8 Å². The molecule has 3 rings (SSSR count). The number of rotatable bonds is 1. The molecule has 0 spiro atoms. The number of para-hydroxylation sites is 1. The third-order valence-electron chi connectivity index (χ3n) is 3.05. The molecular weight excluding hydrogens is 220 g/mol. The second-order valence-corrected chi connectivity index (χ2v) is 4.81. The number of halogens is 1. The van der Waals surface area contributed by atoms with Crippen LogP contribution in [-0.4, -0.2) is 5.38 Å². The van der Waals surface area contributed by atoms with E-state index in [1.54, 1.807) is 0 Å². The van der Waals surface area contributed by atoms with E-state index >= 15 is 0 Å². The van der Waals surface area contributed by atoms with E-state index in [0.29, 0.717) is 0 Å². The third kappa shape index (κ3) is 1.76. The van der Waals surface area contributed by atoms with E-state index in [-0.39, 0.29) is 5.38 Å². The molecule has 1 aromatic heterocycles. The highest BCUT2D eigenvalue weighted by Gasteiger charge is 2.15. The van der Waals surface area contributed by atoms with Gasteiger partial charge in [-0.15, -0.1) is 11.6 Å². The highest BCUT2D eigenvalue weighted by atomic mass is 35.5. The summed E-state index contributed by atoms with van der Waals surface area (Å²) in [5, 5.41) is 1.33. The number of allylic oxidation sites excluding steroid dienone is 2. The summed E-state index contributed by atoms with van der Waals surface area (Å²) in [6, 6.07) is 10.2. The van der Waals surface area contributed by atoms with Crippen LogP contribution < -0.4 is 0 Å². The van der Waals surface area contributed by atoms with Crippen LogP contribution in [0.4, 0.5) is 0 Å². The maximum Gasteiger partial charge on any atom is 0.134 e. The summed E-state index contributed by atoms with van der Waals surface area (Å²) in [4.78, 5) is 0. The van der Waals surface area contributed by atoms with Crippen LogP contribution in [0.3, 0.4) is 0 Å². The normalized spacial score (nSPS) is 21.1. The van der Waals surface area contributed by atoms with Gasteiger partial charge >= 0.3 is 0 Å². The summed E-state index contributed by atoms with van der Waals surface area (Å²) in [5.41, 5.74) is 2.21. The van der Waals surface area contributed by atoms with Gasteiger partial charge in [0.25, 0.3) is 0 Å². The van der Waals surface area contributed by atoms with E-state index in [1.165, 1.54) is 5.57 Å². The first-order valence-corrected chi connectivity index (χ1v) is 6.10. The van der Waals surface area contributed by atoms with Crippen LogP contribution in [-0.2, 0) is 0 Å². The number of fused-ring (bicyclic) bond motifs is 1. The zero-order valence-corrected chi connectivity index (χ0v) is 9.70. The lowest BCUT2D eigenvalue weighted by atomic mass is 9.97. The maximum absolute atomic E-state index is 6.14. The lowest BCUT2D eigenvalue weighted by Crippen LogP contribution is -2.01. The van der Waals surface area contributed by atoms with Crippen molar-refractivity contribution in [2.45, 2.75) is 24.6 Å². The molecule has 0 saturated carbocycles. The van der Waals surface area contributed by atoms with Crippen molar-refractivity contribution in [1.82, 2.24) is 0 Å². The van der Waals surface area contributed by atoms with Gasteiger partial charge in [0.1, 0.15) is 11.3 Å². The second-order valence-electron chi connectivity index (χ2n) is 4.25. The predicted octanol–water partition coefficient (Wildman–Crippen LogP) is 4.61. The summed E-state index contributed by atoms with van der Waals surface area (Å²) in [6.07, 6.45) is 5.42. The molecule has 2 aromatic rings. The van der Waals surface area contributed by atoms with Crippen LogP contribution >= 0.6 is 11.6 Å². The van der Waals surface area contributed by atoms with Gasteiger partial charge in [-0.3, -0.25) is 0 Å². The fraction of sp³-hybridized carbons (Fsp3) is 0.286. The Bertz CT molecular complexity index is 505. The van der Waals surface area contributed by atoms with E-state index in [2.05, 4.69) is 18.2 Å². The molecule has 1 atom stereocenters. The summed E-state index contributed by atoms with van der Waals surface area (Å²) in [6.45, 7) is 0. The number of hydrogen-bond donors (Lipinski definition) is 0. The van der Waals surface area contributed by atoms with Crippen molar-refractivity contribution in [2.75, 3.05) is 0 Å². The molecule has 1 aliphatic carbocycles. The Balaban J connectivity index is 2.05. The summed E-state index contributed by atoms with van der Waals surface area (Å²) < 4.78 is 5.83. The maximum atomic E-state index is 6.14. The van der Waals surface area contributed by atoms with Gasteiger partial charge in [0, 0.05) is 5.39 Å². The molecule has 82 valence electrons. The minimum absolute atomic E-state index is 0.164. The first-order chi connectivity index (χ1) is 7.83. The van der Waals surface area contributed by atoms with Crippen molar-refractivity contribution in [3.05, 3.63) is 42.2 Å². The van der Waals surface area contributed by atoms with Gasteiger partial charge < -0.3 is 4.42 Å². The molecule has 0 fully saturated rings. The first-order valence-electron chi connectivity index (χ1n) is 5.66. The molecule has 0 N–H and O–H groups in total. The Hall–Kier alpha value is -1.21. The minimum atomic E-state index is 0.164. The van der Waals surface area contributed by atoms with Crippen LogP contribution in [0.1, 0.15) is 25.0 Å². The number of benzene rings is 1. The zero-order chi connectivity index (χ0) is 11.0. The second kappa shape index (κ2) is 3.99. The highest BCUT2D eigenvalue weighted by molar-refractivity contribution is 6.22. The largest absolute Gasteiger partial charge is 0.456 e. The predicted molar refractivity (Wildman–Crippen MR) is 67.7 cm³/mol.